The molecule has 3 N–H and O–H groups in total. The first-order chi connectivity index (χ1) is 10.4. The van der Waals surface area contributed by atoms with Crippen molar-refractivity contribution in [3.63, 3.8) is 0 Å². The molecule has 1 aromatic heterocycles. The van der Waals surface area contributed by atoms with Gasteiger partial charge in [-0.15, -0.1) is 0 Å². The van der Waals surface area contributed by atoms with Crippen LogP contribution in [-0.2, 0) is 0 Å². The number of anilines is 1. The summed E-state index contributed by atoms with van der Waals surface area (Å²) in [5, 5.41) is 4.30. The van der Waals surface area contributed by atoms with E-state index in [1.165, 1.54) is 6.21 Å². The summed E-state index contributed by atoms with van der Waals surface area (Å²) in [6.07, 6.45) is 1.51. The van der Waals surface area contributed by atoms with Gasteiger partial charge in [-0.1, -0.05) is 27.3 Å². The fourth-order valence-electron chi connectivity index (χ4n) is 1.73. The minimum atomic E-state index is -0.351. The maximum absolute atomic E-state index is 12.0. The Kier molecular flexibility index (Phi) is 5.54. The zero-order chi connectivity index (χ0) is 16.3. The van der Waals surface area contributed by atoms with E-state index in [1.54, 1.807) is 14.0 Å². The second-order valence-corrected chi connectivity index (χ2v) is 6.98. The third-order valence-corrected chi connectivity index (χ3v) is 4.66. The fraction of sp³-hybridized carbons (Fsp3) is 0.154. The van der Waals surface area contributed by atoms with Gasteiger partial charge in [0, 0.05) is 10.0 Å². The lowest BCUT2D eigenvalue weighted by Crippen LogP contribution is -2.17. The molecule has 6 nitrogen and oxygen atoms in total. The maximum atomic E-state index is 12.0. The SMILES string of the molecule is COc1c(Br)cc(Br)cc1/C=N\NC(=O)c1sc(N)nc1C. The number of rotatable bonds is 4. The van der Waals surface area contributed by atoms with Gasteiger partial charge in [-0.05, 0) is 35.0 Å². The number of nitrogen functional groups attached to an aromatic ring is 1. The topological polar surface area (TPSA) is 89.6 Å². The molecule has 0 unspecified atom stereocenters. The van der Waals surface area contributed by atoms with Crippen LogP contribution in [0.5, 0.6) is 5.75 Å². The summed E-state index contributed by atoms with van der Waals surface area (Å²) < 4.78 is 6.94. The van der Waals surface area contributed by atoms with Gasteiger partial charge in [0.2, 0.25) is 0 Å². The van der Waals surface area contributed by atoms with Crippen molar-refractivity contribution < 1.29 is 9.53 Å². The number of nitrogens with zero attached hydrogens (tertiary/aromatic N) is 2. The van der Waals surface area contributed by atoms with Crippen molar-refractivity contribution in [2.75, 3.05) is 12.8 Å². The molecular weight excluding hydrogens is 436 g/mol. The van der Waals surface area contributed by atoms with Gasteiger partial charge < -0.3 is 10.5 Å². The largest absolute Gasteiger partial charge is 0.495 e. The number of halogens is 2. The van der Waals surface area contributed by atoms with Crippen LogP contribution in [0, 0.1) is 6.92 Å². The average molecular weight is 448 g/mol. The number of methoxy groups -OCH3 is 1. The first-order valence-corrected chi connectivity index (χ1v) is 8.42. The van der Waals surface area contributed by atoms with Crippen LogP contribution in [0.15, 0.2) is 26.2 Å². The fourth-order valence-corrected chi connectivity index (χ4v) is 3.87. The Labute approximate surface area is 148 Å². The smallest absolute Gasteiger partial charge is 0.283 e. The highest BCUT2D eigenvalue weighted by Crippen LogP contribution is 2.31. The number of ether oxygens (including phenoxy) is 1. The number of hydrogen-bond acceptors (Lipinski definition) is 6. The molecule has 1 aromatic carbocycles. The second kappa shape index (κ2) is 7.21. The molecule has 116 valence electrons. The number of nitrogens with one attached hydrogen (secondary N) is 1. The summed E-state index contributed by atoms with van der Waals surface area (Å²) in [6, 6.07) is 3.69. The summed E-state index contributed by atoms with van der Waals surface area (Å²) in [4.78, 5) is 16.4. The van der Waals surface area contributed by atoms with Crippen LogP contribution >= 0.6 is 43.2 Å². The first kappa shape index (κ1) is 16.9. The standard InChI is InChI=1S/C13H12Br2N4O2S/c1-6-11(22-13(16)18-6)12(20)19-17-5-7-3-8(14)4-9(15)10(7)21-2/h3-5H,1-2H3,(H2,16,18)(H,19,20)/b17-5-. The number of hydrazone groups is 1. The third kappa shape index (κ3) is 3.84. The number of benzene rings is 1. The van der Waals surface area contributed by atoms with Crippen molar-refractivity contribution in [3.8, 4) is 5.75 Å². The average Bonchev–Trinajstić information content (AvgIpc) is 2.77. The Morgan fingerprint density at radius 1 is 1.50 bits per heavy atom. The number of thiazole rings is 1. The third-order valence-electron chi connectivity index (χ3n) is 2.63. The zero-order valence-electron chi connectivity index (χ0n) is 11.7. The van der Waals surface area contributed by atoms with Crippen LogP contribution in [0.4, 0.5) is 5.13 Å². The molecule has 22 heavy (non-hydrogen) atoms. The molecule has 0 aliphatic rings. The number of hydrogen-bond donors (Lipinski definition) is 2. The molecule has 1 heterocycles. The minimum Gasteiger partial charge on any atom is -0.495 e. The van der Waals surface area contributed by atoms with Crippen LogP contribution in [0.25, 0.3) is 0 Å². The molecule has 0 radical (unpaired) electrons. The summed E-state index contributed by atoms with van der Waals surface area (Å²) in [5.74, 6) is 0.274. The Morgan fingerprint density at radius 2 is 2.23 bits per heavy atom. The number of nitrogens with two attached hydrogens (primary N) is 1. The molecule has 0 spiro atoms. The molecule has 0 atom stereocenters. The number of aryl methyl sites for hydroxylation is 1. The van der Waals surface area contributed by atoms with Gasteiger partial charge in [0.05, 0.1) is 23.5 Å². The zero-order valence-corrected chi connectivity index (χ0v) is 15.7. The summed E-state index contributed by atoms with van der Waals surface area (Å²) in [5.41, 5.74) is 9.32. The first-order valence-electron chi connectivity index (χ1n) is 6.01. The lowest BCUT2D eigenvalue weighted by molar-refractivity contribution is 0.0958. The normalized spacial score (nSPS) is 10.9. The minimum absolute atomic E-state index is 0.351. The van der Waals surface area contributed by atoms with E-state index in [-0.39, 0.29) is 5.91 Å². The highest BCUT2D eigenvalue weighted by atomic mass is 79.9. The van der Waals surface area contributed by atoms with E-state index in [4.69, 9.17) is 10.5 Å². The molecule has 0 saturated heterocycles. The Bertz CT molecular complexity index is 746. The van der Waals surface area contributed by atoms with E-state index in [2.05, 4.69) is 47.4 Å². The quantitative estimate of drug-likeness (QED) is 0.555. The van der Waals surface area contributed by atoms with Crippen molar-refractivity contribution in [1.29, 1.82) is 0 Å². The summed E-state index contributed by atoms with van der Waals surface area (Å²) in [7, 11) is 1.56. The predicted molar refractivity (Wildman–Crippen MR) is 94.7 cm³/mol. The van der Waals surface area contributed by atoms with Crippen LogP contribution in [-0.4, -0.2) is 24.2 Å². The Balaban J connectivity index is 2.16. The van der Waals surface area contributed by atoms with E-state index in [0.717, 1.165) is 20.3 Å². The van der Waals surface area contributed by atoms with Crippen LogP contribution in [0.1, 0.15) is 20.9 Å². The number of aromatic nitrogens is 1. The highest BCUT2D eigenvalue weighted by Gasteiger charge is 2.13. The van der Waals surface area contributed by atoms with Crippen molar-refractivity contribution in [2.24, 2.45) is 5.10 Å². The van der Waals surface area contributed by atoms with Crippen molar-refractivity contribution in [3.05, 3.63) is 37.2 Å². The molecule has 1 amide bonds. The van der Waals surface area contributed by atoms with Gasteiger partial charge in [-0.2, -0.15) is 5.10 Å². The molecule has 0 fully saturated rings. The number of carbonyl (C=O) groups excluding carboxylic acids is 1. The maximum Gasteiger partial charge on any atom is 0.283 e. The van der Waals surface area contributed by atoms with Crippen molar-refractivity contribution in [2.45, 2.75) is 6.92 Å². The molecule has 2 aromatic rings. The molecular formula is C13H12Br2N4O2S. The Morgan fingerprint density at radius 3 is 2.82 bits per heavy atom. The van der Waals surface area contributed by atoms with E-state index in [0.29, 0.717) is 27.0 Å². The van der Waals surface area contributed by atoms with Gasteiger partial charge >= 0.3 is 0 Å². The summed E-state index contributed by atoms with van der Waals surface area (Å²) >= 11 is 7.92. The van der Waals surface area contributed by atoms with E-state index < -0.39 is 0 Å². The van der Waals surface area contributed by atoms with Crippen molar-refractivity contribution >= 4 is 60.5 Å². The molecule has 0 aliphatic heterocycles. The molecule has 2 rings (SSSR count). The lowest BCUT2D eigenvalue weighted by Gasteiger charge is -2.07. The van der Waals surface area contributed by atoms with Crippen molar-refractivity contribution in [1.82, 2.24) is 10.4 Å². The number of amides is 1. The predicted octanol–water partition coefficient (Wildman–Crippen LogP) is 3.33. The van der Waals surface area contributed by atoms with Crippen LogP contribution in [0.3, 0.4) is 0 Å². The van der Waals surface area contributed by atoms with Gasteiger partial charge in [-0.3, -0.25) is 4.79 Å². The molecule has 0 saturated carbocycles. The van der Waals surface area contributed by atoms with Crippen LogP contribution < -0.4 is 15.9 Å². The Hall–Kier alpha value is -1.45. The molecule has 0 bridgehead atoms. The van der Waals surface area contributed by atoms with Gasteiger partial charge in [0.1, 0.15) is 10.6 Å². The summed E-state index contributed by atoms with van der Waals surface area (Å²) in [6.45, 7) is 1.72. The monoisotopic (exact) mass is 446 g/mol. The molecule has 0 aliphatic carbocycles. The van der Waals surface area contributed by atoms with Gasteiger partial charge in [-0.25, -0.2) is 10.4 Å². The highest BCUT2D eigenvalue weighted by molar-refractivity contribution is 9.11. The van der Waals surface area contributed by atoms with E-state index in [1.807, 2.05) is 12.1 Å². The van der Waals surface area contributed by atoms with E-state index in [9.17, 15) is 4.79 Å². The second-order valence-electron chi connectivity index (χ2n) is 4.18. The lowest BCUT2D eigenvalue weighted by atomic mass is 10.2. The van der Waals surface area contributed by atoms with Gasteiger partial charge in [0.15, 0.2) is 5.13 Å². The molecule has 9 heteroatoms. The van der Waals surface area contributed by atoms with Gasteiger partial charge in [0.25, 0.3) is 5.91 Å². The van der Waals surface area contributed by atoms with Crippen LogP contribution in [0.2, 0.25) is 0 Å². The number of carbonyl (C=O) groups is 1. The van der Waals surface area contributed by atoms with E-state index >= 15 is 0 Å².